The molecule has 0 saturated carbocycles. The van der Waals surface area contributed by atoms with Crippen molar-refractivity contribution in [3.8, 4) is 0 Å². The van der Waals surface area contributed by atoms with Gasteiger partial charge in [-0.1, -0.05) is 46.6 Å². The predicted octanol–water partition coefficient (Wildman–Crippen LogP) is 3.28. The largest absolute Gasteiger partial charge is 0.340 e. The molecule has 0 fully saturated rings. The summed E-state index contributed by atoms with van der Waals surface area (Å²) in [6.07, 6.45) is 6.73. The Balaban J connectivity index is 2.07. The van der Waals surface area contributed by atoms with Crippen LogP contribution >= 0.6 is 23.2 Å². The summed E-state index contributed by atoms with van der Waals surface area (Å²) in [7, 11) is 0. The van der Waals surface area contributed by atoms with Gasteiger partial charge in [0, 0.05) is 6.20 Å². The number of fused-ring (bicyclic) bond motifs is 2. The molecule has 0 atom stereocenters. The van der Waals surface area contributed by atoms with E-state index in [0.29, 0.717) is 16.9 Å². The standard InChI is InChI=1S/C15H8Cl2N6O2/c16-14(17)12-13(23(24)25)15(18-11-7-3-4-8-21(11)12)22-10-6-2-1-5-9(10)19-20-22/h1-8H. The van der Waals surface area contributed by atoms with Crippen molar-refractivity contribution in [3.63, 3.8) is 0 Å². The molecule has 2 aliphatic rings. The Morgan fingerprint density at radius 2 is 2.00 bits per heavy atom. The molecule has 0 N–H and O–H groups in total. The van der Waals surface area contributed by atoms with Crippen LogP contribution in [0.3, 0.4) is 0 Å². The van der Waals surface area contributed by atoms with Crippen molar-refractivity contribution in [1.29, 1.82) is 0 Å². The molecule has 0 bridgehead atoms. The Bertz CT molecular complexity index is 1060. The Kier molecular flexibility index (Phi) is 3.63. The van der Waals surface area contributed by atoms with Gasteiger partial charge in [-0.25, -0.2) is 4.99 Å². The highest BCUT2D eigenvalue weighted by atomic mass is 35.5. The molecular weight excluding hydrogens is 367 g/mol. The predicted molar refractivity (Wildman–Crippen MR) is 94.0 cm³/mol. The van der Waals surface area contributed by atoms with Gasteiger partial charge in [0.1, 0.15) is 15.8 Å². The van der Waals surface area contributed by atoms with E-state index in [0.717, 1.165) is 0 Å². The van der Waals surface area contributed by atoms with Crippen molar-refractivity contribution >= 4 is 45.9 Å². The minimum Gasteiger partial charge on any atom is -0.293 e. The van der Waals surface area contributed by atoms with Crippen molar-refractivity contribution in [3.05, 3.63) is 74.7 Å². The average Bonchev–Trinajstić information content (AvgIpc) is 3.03. The Morgan fingerprint density at radius 3 is 2.76 bits per heavy atom. The fourth-order valence-electron chi connectivity index (χ4n) is 2.62. The van der Waals surface area contributed by atoms with Gasteiger partial charge in [0.05, 0.1) is 10.4 Å². The number of rotatable bonds is 2. The zero-order valence-corrected chi connectivity index (χ0v) is 13.9. The van der Waals surface area contributed by atoms with E-state index in [9.17, 15) is 10.1 Å². The maximum Gasteiger partial charge on any atom is 0.340 e. The number of benzene rings is 1. The van der Waals surface area contributed by atoms with E-state index in [1.165, 1.54) is 9.58 Å². The monoisotopic (exact) mass is 374 g/mol. The average molecular weight is 375 g/mol. The second-order valence-corrected chi connectivity index (χ2v) is 6.02. The molecule has 10 heteroatoms. The molecule has 124 valence electrons. The van der Waals surface area contributed by atoms with Crippen molar-refractivity contribution in [1.82, 2.24) is 19.9 Å². The van der Waals surface area contributed by atoms with Crippen LogP contribution in [-0.2, 0) is 0 Å². The summed E-state index contributed by atoms with van der Waals surface area (Å²) in [5.74, 6) is 0.412. The number of para-hydroxylation sites is 1. The van der Waals surface area contributed by atoms with Crippen LogP contribution in [0.1, 0.15) is 0 Å². The smallest absolute Gasteiger partial charge is 0.293 e. The van der Waals surface area contributed by atoms with Gasteiger partial charge in [-0.3, -0.25) is 15.0 Å². The quantitative estimate of drug-likeness (QED) is 0.594. The van der Waals surface area contributed by atoms with Crippen molar-refractivity contribution in [2.24, 2.45) is 4.99 Å². The first-order chi connectivity index (χ1) is 12.1. The number of nitro groups is 1. The topological polar surface area (TPSA) is 89.4 Å². The fourth-order valence-corrected chi connectivity index (χ4v) is 2.98. The van der Waals surface area contributed by atoms with E-state index in [1.807, 2.05) is 0 Å². The summed E-state index contributed by atoms with van der Waals surface area (Å²) in [6.45, 7) is 0. The number of hydrogen-bond acceptors (Lipinski definition) is 6. The van der Waals surface area contributed by atoms with Gasteiger partial charge in [-0.2, -0.15) is 4.68 Å². The summed E-state index contributed by atoms with van der Waals surface area (Å²) in [4.78, 5) is 17.0. The first-order valence-electron chi connectivity index (χ1n) is 7.06. The molecule has 1 aromatic carbocycles. The second kappa shape index (κ2) is 5.83. The van der Waals surface area contributed by atoms with Crippen molar-refractivity contribution < 1.29 is 4.92 Å². The van der Waals surface area contributed by atoms with Gasteiger partial charge in [0.15, 0.2) is 5.70 Å². The highest BCUT2D eigenvalue weighted by Gasteiger charge is 2.38. The lowest BCUT2D eigenvalue weighted by Gasteiger charge is -2.27. The third-order valence-corrected chi connectivity index (χ3v) is 4.01. The number of aromatic nitrogens is 3. The van der Waals surface area contributed by atoms with E-state index in [4.69, 9.17) is 23.2 Å². The Morgan fingerprint density at radius 1 is 1.20 bits per heavy atom. The SMILES string of the molecule is O=[N+]([O-])C1=C(n2nnc3ccccc32)N=C2C=CC=CN2C1=C(Cl)Cl. The van der Waals surface area contributed by atoms with E-state index in [-0.39, 0.29) is 21.7 Å². The molecule has 0 unspecified atom stereocenters. The lowest BCUT2D eigenvalue weighted by molar-refractivity contribution is -0.421. The summed E-state index contributed by atoms with van der Waals surface area (Å²) in [5, 5.41) is 19.8. The Labute approximate surface area is 150 Å². The Hall–Kier alpha value is -2.97. The van der Waals surface area contributed by atoms with E-state index in [1.54, 1.807) is 48.7 Å². The minimum atomic E-state index is -0.585. The maximum absolute atomic E-state index is 11.8. The zero-order chi connectivity index (χ0) is 17.6. The summed E-state index contributed by atoms with van der Waals surface area (Å²) >= 11 is 11.9. The molecule has 0 saturated heterocycles. The lowest BCUT2D eigenvalue weighted by Crippen LogP contribution is -2.33. The van der Waals surface area contributed by atoms with E-state index in [2.05, 4.69) is 15.3 Å². The third kappa shape index (κ3) is 2.43. The van der Waals surface area contributed by atoms with Crippen LogP contribution in [0.2, 0.25) is 0 Å². The number of hydrogen-bond donors (Lipinski definition) is 0. The first kappa shape index (κ1) is 15.6. The maximum atomic E-state index is 11.8. The zero-order valence-electron chi connectivity index (χ0n) is 12.4. The lowest BCUT2D eigenvalue weighted by atomic mass is 10.2. The number of allylic oxidation sites excluding steroid dienone is 2. The van der Waals surface area contributed by atoms with Gasteiger partial charge < -0.3 is 0 Å². The molecule has 4 rings (SSSR count). The molecule has 25 heavy (non-hydrogen) atoms. The second-order valence-electron chi connectivity index (χ2n) is 5.07. The van der Waals surface area contributed by atoms with Crippen LogP contribution < -0.4 is 0 Å². The number of amidine groups is 1. The highest BCUT2D eigenvalue weighted by molar-refractivity contribution is 6.56. The van der Waals surface area contributed by atoms with Gasteiger partial charge in [0.2, 0.25) is 5.82 Å². The van der Waals surface area contributed by atoms with Gasteiger partial charge in [0.25, 0.3) is 0 Å². The molecule has 1 aromatic heterocycles. The van der Waals surface area contributed by atoms with Crippen LogP contribution in [0.5, 0.6) is 0 Å². The number of halogens is 2. The minimum absolute atomic E-state index is 0.0151. The fraction of sp³-hybridized carbons (Fsp3) is 0. The van der Waals surface area contributed by atoms with E-state index < -0.39 is 4.92 Å². The molecule has 2 aliphatic heterocycles. The summed E-state index contributed by atoms with van der Waals surface area (Å²) < 4.78 is 1.06. The first-order valence-corrected chi connectivity index (χ1v) is 7.81. The molecule has 0 aliphatic carbocycles. The van der Waals surface area contributed by atoms with Crippen molar-refractivity contribution in [2.75, 3.05) is 0 Å². The van der Waals surface area contributed by atoms with Crippen LogP contribution in [-0.4, -0.2) is 30.7 Å². The molecule has 8 nitrogen and oxygen atoms in total. The van der Waals surface area contributed by atoms with Gasteiger partial charge >= 0.3 is 5.70 Å². The van der Waals surface area contributed by atoms with Crippen molar-refractivity contribution in [2.45, 2.75) is 0 Å². The summed E-state index contributed by atoms with van der Waals surface area (Å²) in [5.41, 5.74) is 0.824. The molecule has 3 heterocycles. The van der Waals surface area contributed by atoms with Gasteiger partial charge in [-0.05, 0) is 24.3 Å². The molecule has 0 amide bonds. The highest BCUT2D eigenvalue weighted by Crippen LogP contribution is 2.35. The van der Waals surface area contributed by atoms with Crippen LogP contribution in [0.25, 0.3) is 16.9 Å². The number of nitrogens with zero attached hydrogens (tertiary/aromatic N) is 6. The molecule has 0 radical (unpaired) electrons. The third-order valence-electron chi connectivity index (χ3n) is 3.65. The summed E-state index contributed by atoms with van der Waals surface area (Å²) in [6, 6.07) is 7.08. The molecular formula is C15H8Cl2N6O2. The van der Waals surface area contributed by atoms with Crippen LogP contribution in [0, 0.1) is 10.1 Å². The van der Waals surface area contributed by atoms with E-state index >= 15 is 0 Å². The molecule has 0 spiro atoms. The molecule has 2 aromatic rings. The van der Waals surface area contributed by atoms with Gasteiger partial charge in [-0.15, -0.1) is 5.10 Å². The van der Waals surface area contributed by atoms with Crippen LogP contribution in [0.4, 0.5) is 0 Å². The van der Waals surface area contributed by atoms with Crippen LogP contribution in [0.15, 0.2) is 69.6 Å². The normalized spacial score (nSPS) is 16.3. The number of aliphatic imine (C=N–C) groups is 1.